The Morgan fingerprint density at radius 2 is 1.35 bits per heavy atom. The van der Waals surface area contributed by atoms with Crippen molar-refractivity contribution in [3.63, 3.8) is 0 Å². The fraction of sp³-hybridized carbons (Fsp3) is 0.120. The maximum Gasteiger partial charge on any atom is 0.00711 e. The largest absolute Gasteiger partial charge is 0.0772 e. The number of hydrogen-bond donors (Lipinski definition) is 0. The zero-order chi connectivity index (χ0) is 17.7. The molecule has 0 aliphatic carbocycles. The molecule has 26 heavy (non-hydrogen) atoms. The molecular weight excluding hydrogens is 331 g/mol. The van der Waals surface area contributed by atoms with Crippen LogP contribution >= 0.6 is 7.53 Å². The molecule has 0 saturated carbocycles. The molecule has 1 atom stereocenters. The van der Waals surface area contributed by atoms with E-state index in [0.717, 1.165) is 0 Å². The van der Waals surface area contributed by atoms with Gasteiger partial charge in [0.15, 0.2) is 0 Å². The van der Waals surface area contributed by atoms with E-state index in [1.165, 1.54) is 42.6 Å². The van der Waals surface area contributed by atoms with E-state index in [-0.39, 0.29) is 0 Å². The third-order valence-corrected chi connectivity index (χ3v) is 7.87. The van der Waals surface area contributed by atoms with Gasteiger partial charge in [-0.3, -0.25) is 0 Å². The predicted molar refractivity (Wildman–Crippen MR) is 117 cm³/mol. The third kappa shape index (κ3) is 2.37. The first kappa shape index (κ1) is 15.7. The molecule has 0 bridgehead atoms. The summed E-state index contributed by atoms with van der Waals surface area (Å²) >= 11 is 0. The normalized spacial score (nSPS) is 12.5. The molecule has 5 aromatic rings. The molecule has 0 aliphatic heterocycles. The zero-order valence-corrected chi connectivity index (χ0v) is 16.0. The molecule has 0 N–H and O–H groups in total. The fourth-order valence-corrected chi connectivity index (χ4v) is 6.63. The minimum atomic E-state index is -0.486. The Labute approximate surface area is 155 Å². The van der Waals surface area contributed by atoms with Crippen LogP contribution in [-0.2, 0) is 0 Å². The highest BCUT2D eigenvalue weighted by molar-refractivity contribution is 7.67. The molecule has 0 fully saturated rings. The lowest BCUT2D eigenvalue weighted by molar-refractivity contribution is 0.869. The van der Waals surface area contributed by atoms with Crippen molar-refractivity contribution in [1.82, 2.24) is 0 Å². The fourth-order valence-electron chi connectivity index (χ4n) is 3.94. The van der Waals surface area contributed by atoms with Gasteiger partial charge in [0.2, 0.25) is 0 Å². The van der Waals surface area contributed by atoms with Crippen LogP contribution in [0.4, 0.5) is 0 Å². The summed E-state index contributed by atoms with van der Waals surface area (Å²) in [6.45, 7) is 4.56. The van der Waals surface area contributed by atoms with Gasteiger partial charge in [-0.15, -0.1) is 0 Å². The summed E-state index contributed by atoms with van der Waals surface area (Å²) in [6.07, 6.45) is 0. The summed E-state index contributed by atoms with van der Waals surface area (Å²) < 4.78 is 0. The summed E-state index contributed by atoms with van der Waals surface area (Å²) in [5.74, 6) is 0.553. The molecule has 0 aliphatic rings. The summed E-state index contributed by atoms with van der Waals surface area (Å²) in [5, 5.41) is 9.94. The molecule has 4 aromatic carbocycles. The van der Waals surface area contributed by atoms with Gasteiger partial charge in [0, 0.05) is 10.2 Å². The molecule has 1 heteroatoms. The van der Waals surface area contributed by atoms with Gasteiger partial charge in [0.05, 0.1) is 0 Å². The Kier molecular flexibility index (Phi) is 3.62. The van der Waals surface area contributed by atoms with Crippen LogP contribution in [0.2, 0.25) is 0 Å². The van der Waals surface area contributed by atoms with E-state index >= 15 is 0 Å². The van der Waals surface area contributed by atoms with Crippen LogP contribution in [0.15, 0.2) is 84.9 Å². The number of hydrogen-bond acceptors (Lipinski definition) is 0. The zero-order valence-electron chi connectivity index (χ0n) is 15.1. The van der Waals surface area contributed by atoms with Gasteiger partial charge in [0.25, 0.3) is 0 Å². The lowest BCUT2D eigenvalue weighted by Gasteiger charge is -2.08. The Morgan fingerprint density at radius 1 is 0.615 bits per heavy atom. The highest BCUT2D eigenvalue weighted by atomic mass is 31.1. The highest BCUT2D eigenvalue weighted by Crippen LogP contribution is 2.55. The molecule has 5 rings (SSSR count). The van der Waals surface area contributed by atoms with Gasteiger partial charge in [-0.1, -0.05) is 94.2 Å². The van der Waals surface area contributed by atoms with Gasteiger partial charge < -0.3 is 0 Å². The van der Waals surface area contributed by atoms with E-state index in [0.29, 0.717) is 5.92 Å². The van der Waals surface area contributed by atoms with Crippen molar-refractivity contribution in [2.75, 3.05) is 0 Å². The highest BCUT2D eigenvalue weighted by Gasteiger charge is 2.14. The quantitative estimate of drug-likeness (QED) is 0.300. The lowest BCUT2D eigenvalue weighted by atomic mass is 10.0. The Bertz CT molecular complexity index is 1260. The Hall–Kier alpha value is -2.56. The average molecular weight is 352 g/mol. The molecule has 126 valence electrons. The Balaban J connectivity index is 1.90. The Morgan fingerprint density at radius 3 is 2.19 bits per heavy atom. The van der Waals surface area contributed by atoms with Gasteiger partial charge in [-0.2, -0.15) is 0 Å². The van der Waals surface area contributed by atoms with Crippen LogP contribution in [0.3, 0.4) is 0 Å². The lowest BCUT2D eigenvalue weighted by Crippen LogP contribution is -1.85. The van der Waals surface area contributed by atoms with Crippen LogP contribution in [0.25, 0.3) is 37.1 Å². The second-order valence-corrected chi connectivity index (χ2v) is 9.47. The van der Waals surface area contributed by atoms with Gasteiger partial charge >= 0.3 is 0 Å². The van der Waals surface area contributed by atoms with Crippen molar-refractivity contribution >= 4 is 39.3 Å². The average Bonchev–Trinajstić information content (AvgIpc) is 3.01. The standard InChI is InChI=1S/C25H21P/c1-17(2)19-12-14-23-22-9-5-6-10-24(22)26(25(23)16-19)21-13-11-18-7-3-4-8-20(18)15-21/h3-17H,1-2H3. The summed E-state index contributed by atoms with van der Waals surface area (Å²) in [7, 11) is -0.486. The smallest absolute Gasteiger partial charge is 0.00711 e. The molecule has 0 amide bonds. The molecule has 1 aromatic heterocycles. The van der Waals surface area contributed by atoms with E-state index in [4.69, 9.17) is 0 Å². The minimum Gasteiger partial charge on any atom is -0.0772 e. The van der Waals surface area contributed by atoms with Crippen LogP contribution in [0.5, 0.6) is 0 Å². The first-order chi connectivity index (χ1) is 12.7. The predicted octanol–water partition coefficient (Wildman–Crippen LogP) is 8.25. The molecule has 0 radical (unpaired) electrons. The van der Waals surface area contributed by atoms with Gasteiger partial charge in [-0.05, 0) is 50.5 Å². The maximum absolute atomic E-state index is 2.46. The monoisotopic (exact) mass is 352 g/mol. The topological polar surface area (TPSA) is 0 Å². The van der Waals surface area contributed by atoms with E-state index in [2.05, 4.69) is 98.8 Å². The molecule has 0 spiro atoms. The van der Waals surface area contributed by atoms with Gasteiger partial charge in [-0.25, -0.2) is 0 Å². The first-order valence-electron chi connectivity index (χ1n) is 9.24. The molecule has 0 nitrogen and oxygen atoms in total. The molecule has 1 heterocycles. The number of benzene rings is 4. The van der Waals surface area contributed by atoms with Crippen molar-refractivity contribution in [1.29, 1.82) is 0 Å². The second kappa shape index (κ2) is 6.01. The van der Waals surface area contributed by atoms with Crippen LogP contribution < -0.4 is 0 Å². The summed E-state index contributed by atoms with van der Waals surface area (Å²) in [4.78, 5) is 0. The third-order valence-electron chi connectivity index (χ3n) is 5.36. The van der Waals surface area contributed by atoms with Gasteiger partial charge in [0.1, 0.15) is 0 Å². The van der Waals surface area contributed by atoms with Crippen molar-refractivity contribution < 1.29 is 0 Å². The van der Waals surface area contributed by atoms with E-state index in [1.807, 2.05) is 0 Å². The molecule has 1 unspecified atom stereocenters. The summed E-state index contributed by atoms with van der Waals surface area (Å²) in [6, 6.07) is 31.7. The molecule has 0 saturated heterocycles. The van der Waals surface area contributed by atoms with E-state index < -0.39 is 7.53 Å². The van der Waals surface area contributed by atoms with Crippen molar-refractivity contribution in [3.05, 3.63) is 90.5 Å². The minimum absolute atomic E-state index is 0.486. The maximum atomic E-state index is 2.46. The van der Waals surface area contributed by atoms with E-state index in [9.17, 15) is 0 Å². The van der Waals surface area contributed by atoms with Crippen molar-refractivity contribution in [2.45, 2.75) is 19.8 Å². The summed E-state index contributed by atoms with van der Waals surface area (Å²) in [5.41, 5.74) is 1.44. The van der Waals surface area contributed by atoms with E-state index in [1.54, 1.807) is 0 Å². The first-order valence-corrected chi connectivity index (χ1v) is 10.6. The SMILES string of the molecule is CC(C)c1ccc2c3ccccc3p(-c3ccc4ccccc4c3)c2c1. The van der Waals surface area contributed by atoms with Crippen LogP contribution in [0.1, 0.15) is 25.3 Å². The second-order valence-electron chi connectivity index (χ2n) is 7.32. The van der Waals surface area contributed by atoms with Crippen LogP contribution in [0, 0.1) is 0 Å². The number of rotatable bonds is 2. The van der Waals surface area contributed by atoms with Crippen LogP contribution in [-0.4, -0.2) is 0 Å². The molecular formula is C25H21P. The van der Waals surface area contributed by atoms with Crippen molar-refractivity contribution in [2.24, 2.45) is 0 Å². The van der Waals surface area contributed by atoms with Crippen molar-refractivity contribution in [3.8, 4) is 5.30 Å². The number of fused-ring (bicyclic) bond motifs is 4.